The van der Waals surface area contributed by atoms with Gasteiger partial charge in [-0.2, -0.15) is 0 Å². The molecule has 3 aromatic rings. The Morgan fingerprint density at radius 3 is 2.69 bits per heavy atom. The summed E-state index contributed by atoms with van der Waals surface area (Å²) in [5.74, 6) is 0.336. The van der Waals surface area contributed by atoms with Gasteiger partial charge < -0.3 is 19.8 Å². The Hall–Kier alpha value is -3.52. The highest BCUT2D eigenvalue weighted by Gasteiger charge is 2.19. The average molecular weight is 434 g/mol. The highest BCUT2D eigenvalue weighted by molar-refractivity contribution is 6.03. The molecule has 0 spiro atoms. The smallest absolute Gasteiger partial charge is 0.253 e. The first-order valence-electron chi connectivity index (χ1n) is 10.8. The van der Waals surface area contributed by atoms with Crippen LogP contribution in [0.15, 0.2) is 52.9 Å². The molecule has 0 aliphatic carbocycles. The van der Waals surface area contributed by atoms with Gasteiger partial charge in [0, 0.05) is 31.6 Å². The molecule has 1 fully saturated rings. The number of ether oxygens (including phenoxy) is 1. The van der Waals surface area contributed by atoms with Gasteiger partial charge in [0.05, 0.1) is 17.4 Å². The quantitative estimate of drug-likeness (QED) is 0.562. The maximum Gasteiger partial charge on any atom is 0.253 e. The van der Waals surface area contributed by atoms with Crippen molar-refractivity contribution in [3.8, 4) is 11.5 Å². The lowest BCUT2D eigenvalue weighted by Gasteiger charge is -2.13. The van der Waals surface area contributed by atoms with Crippen LogP contribution in [0.25, 0.3) is 11.5 Å². The molecule has 0 bridgehead atoms. The molecule has 1 saturated heterocycles. The second kappa shape index (κ2) is 10.2. The van der Waals surface area contributed by atoms with E-state index in [-0.39, 0.29) is 24.3 Å². The highest BCUT2D eigenvalue weighted by atomic mass is 16.5. The van der Waals surface area contributed by atoms with E-state index in [2.05, 4.69) is 20.8 Å². The van der Waals surface area contributed by atoms with Crippen LogP contribution in [0.2, 0.25) is 0 Å². The summed E-state index contributed by atoms with van der Waals surface area (Å²) in [6.45, 7) is 3.20. The molecular formula is C24H26N4O4. The van der Waals surface area contributed by atoms with E-state index >= 15 is 0 Å². The van der Waals surface area contributed by atoms with Gasteiger partial charge in [0.25, 0.3) is 5.91 Å². The summed E-state index contributed by atoms with van der Waals surface area (Å²) in [5.41, 5.74) is 2.86. The second-order valence-electron chi connectivity index (χ2n) is 7.81. The molecule has 8 nitrogen and oxygen atoms in total. The van der Waals surface area contributed by atoms with Crippen LogP contribution < -0.4 is 10.6 Å². The SMILES string of the molecule is Cc1ccc(-c2nnc(CCC(=O)Nc3ccccc3C(=O)NCC3CCCO3)o2)cc1. The molecule has 2 N–H and O–H groups in total. The Morgan fingerprint density at radius 2 is 1.91 bits per heavy atom. The number of rotatable bonds is 8. The van der Waals surface area contributed by atoms with E-state index in [9.17, 15) is 9.59 Å². The lowest BCUT2D eigenvalue weighted by Crippen LogP contribution is -2.32. The number of nitrogens with zero attached hydrogens (tertiary/aromatic N) is 2. The first-order chi connectivity index (χ1) is 15.6. The van der Waals surface area contributed by atoms with Gasteiger partial charge in [-0.15, -0.1) is 10.2 Å². The van der Waals surface area contributed by atoms with Crippen LogP contribution in [0, 0.1) is 6.92 Å². The molecule has 2 amide bonds. The average Bonchev–Trinajstić information content (AvgIpc) is 3.49. The number of amides is 2. The normalized spacial score (nSPS) is 15.5. The third kappa shape index (κ3) is 5.59. The van der Waals surface area contributed by atoms with Crippen LogP contribution in [0.3, 0.4) is 0 Å². The molecule has 1 atom stereocenters. The van der Waals surface area contributed by atoms with E-state index in [1.165, 1.54) is 0 Å². The van der Waals surface area contributed by atoms with Gasteiger partial charge in [-0.05, 0) is 44.0 Å². The predicted molar refractivity (Wildman–Crippen MR) is 119 cm³/mol. The number of aromatic nitrogens is 2. The van der Waals surface area contributed by atoms with Crippen molar-refractivity contribution in [2.45, 2.75) is 38.7 Å². The fourth-order valence-corrected chi connectivity index (χ4v) is 3.50. The fourth-order valence-electron chi connectivity index (χ4n) is 3.50. The van der Waals surface area contributed by atoms with E-state index in [1.807, 2.05) is 31.2 Å². The lowest BCUT2D eigenvalue weighted by atomic mass is 10.1. The Kier molecular flexibility index (Phi) is 6.91. The third-order valence-electron chi connectivity index (χ3n) is 5.29. The van der Waals surface area contributed by atoms with Crippen molar-refractivity contribution in [1.29, 1.82) is 0 Å². The van der Waals surface area contributed by atoms with E-state index in [1.54, 1.807) is 24.3 Å². The first-order valence-corrected chi connectivity index (χ1v) is 10.8. The number of hydrogen-bond donors (Lipinski definition) is 2. The number of hydrogen-bond acceptors (Lipinski definition) is 6. The molecule has 1 aliphatic heterocycles. The Balaban J connectivity index is 1.31. The molecular weight excluding hydrogens is 408 g/mol. The van der Waals surface area contributed by atoms with Crippen LogP contribution >= 0.6 is 0 Å². The number of para-hydroxylation sites is 1. The van der Waals surface area contributed by atoms with Crippen molar-refractivity contribution >= 4 is 17.5 Å². The summed E-state index contributed by atoms with van der Waals surface area (Å²) in [5, 5.41) is 13.8. The number of carbonyl (C=O) groups is 2. The number of benzene rings is 2. The van der Waals surface area contributed by atoms with Crippen molar-refractivity contribution in [1.82, 2.24) is 15.5 Å². The number of anilines is 1. The van der Waals surface area contributed by atoms with Crippen LogP contribution in [0.5, 0.6) is 0 Å². The molecule has 32 heavy (non-hydrogen) atoms. The molecule has 2 heterocycles. The molecule has 8 heteroatoms. The van der Waals surface area contributed by atoms with Gasteiger partial charge in [-0.1, -0.05) is 29.8 Å². The molecule has 1 aromatic heterocycles. The van der Waals surface area contributed by atoms with Crippen LogP contribution in [-0.2, 0) is 16.0 Å². The Morgan fingerprint density at radius 1 is 1.09 bits per heavy atom. The molecule has 166 valence electrons. The maximum absolute atomic E-state index is 12.6. The predicted octanol–water partition coefficient (Wildman–Crippen LogP) is 3.53. The number of carbonyl (C=O) groups excluding carboxylic acids is 2. The summed E-state index contributed by atoms with van der Waals surface area (Å²) in [6.07, 6.45) is 2.47. The largest absolute Gasteiger partial charge is 0.421 e. The zero-order valence-corrected chi connectivity index (χ0v) is 18.0. The summed E-state index contributed by atoms with van der Waals surface area (Å²) < 4.78 is 11.2. The fraction of sp³-hybridized carbons (Fsp3) is 0.333. The minimum atomic E-state index is -0.240. The zero-order valence-electron chi connectivity index (χ0n) is 18.0. The van der Waals surface area contributed by atoms with E-state index in [4.69, 9.17) is 9.15 Å². The lowest BCUT2D eigenvalue weighted by molar-refractivity contribution is -0.116. The van der Waals surface area contributed by atoms with Gasteiger partial charge in [0.2, 0.25) is 17.7 Å². The summed E-state index contributed by atoms with van der Waals surface area (Å²) in [6, 6.07) is 14.7. The summed E-state index contributed by atoms with van der Waals surface area (Å²) in [4.78, 5) is 25.1. The number of aryl methyl sites for hydroxylation is 2. The molecule has 0 saturated carbocycles. The number of nitrogens with one attached hydrogen (secondary N) is 2. The van der Waals surface area contributed by atoms with Gasteiger partial charge in [-0.25, -0.2) is 0 Å². The van der Waals surface area contributed by atoms with E-state index < -0.39 is 0 Å². The molecule has 2 aromatic carbocycles. The minimum Gasteiger partial charge on any atom is -0.421 e. The maximum atomic E-state index is 12.6. The van der Waals surface area contributed by atoms with Crippen LogP contribution in [-0.4, -0.2) is 41.3 Å². The van der Waals surface area contributed by atoms with Crippen molar-refractivity contribution in [3.63, 3.8) is 0 Å². The van der Waals surface area contributed by atoms with Crippen LogP contribution in [0.1, 0.15) is 41.1 Å². The molecule has 4 rings (SSSR count). The zero-order chi connectivity index (χ0) is 22.3. The Labute approximate surface area is 186 Å². The monoisotopic (exact) mass is 434 g/mol. The van der Waals surface area contributed by atoms with Gasteiger partial charge in [0.15, 0.2) is 0 Å². The highest BCUT2D eigenvalue weighted by Crippen LogP contribution is 2.20. The van der Waals surface area contributed by atoms with Crippen molar-refractivity contribution < 1.29 is 18.7 Å². The second-order valence-corrected chi connectivity index (χ2v) is 7.81. The Bertz CT molecular complexity index is 1070. The van der Waals surface area contributed by atoms with Gasteiger partial charge in [0.1, 0.15) is 0 Å². The standard InChI is InChI=1S/C24H26N4O4/c1-16-8-10-17(11-9-16)24-28-27-22(32-24)13-12-21(29)26-20-7-3-2-6-19(20)23(30)25-15-18-5-4-14-31-18/h2-3,6-11,18H,4-5,12-15H2,1H3,(H,25,30)(H,26,29). The van der Waals surface area contributed by atoms with Crippen molar-refractivity contribution in [2.24, 2.45) is 0 Å². The minimum absolute atomic E-state index is 0.0555. The molecule has 1 unspecified atom stereocenters. The summed E-state index contributed by atoms with van der Waals surface area (Å²) in [7, 11) is 0. The van der Waals surface area contributed by atoms with Gasteiger partial charge in [-0.3, -0.25) is 9.59 Å². The van der Waals surface area contributed by atoms with Gasteiger partial charge >= 0.3 is 0 Å². The van der Waals surface area contributed by atoms with Crippen LogP contribution in [0.4, 0.5) is 5.69 Å². The topological polar surface area (TPSA) is 106 Å². The van der Waals surface area contributed by atoms with Crippen molar-refractivity contribution in [3.05, 3.63) is 65.5 Å². The molecule has 1 aliphatic rings. The molecule has 0 radical (unpaired) electrons. The third-order valence-corrected chi connectivity index (χ3v) is 5.29. The van der Waals surface area contributed by atoms with Crippen molar-refractivity contribution in [2.75, 3.05) is 18.5 Å². The summed E-state index contributed by atoms with van der Waals surface area (Å²) >= 11 is 0. The van der Waals surface area contributed by atoms with E-state index in [0.717, 1.165) is 30.6 Å². The first kappa shape index (κ1) is 21.7. The van der Waals surface area contributed by atoms with E-state index in [0.29, 0.717) is 36.0 Å².